The normalized spacial score (nSPS) is 26.4. The lowest BCUT2D eigenvalue weighted by atomic mass is 9.92. The first kappa shape index (κ1) is 21.1. The van der Waals surface area contributed by atoms with E-state index in [0.717, 1.165) is 0 Å². The van der Waals surface area contributed by atoms with E-state index in [2.05, 4.69) is 10.0 Å². The Labute approximate surface area is 176 Å². The van der Waals surface area contributed by atoms with Crippen molar-refractivity contribution in [1.29, 1.82) is 0 Å². The number of carbonyl (C=O) groups is 2. The number of nitrogens with one attached hydrogen (secondary N) is 2. The molecule has 10 heteroatoms. The summed E-state index contributed by atoms with van der Waals surface area (Å²) in [6.07, 6.45) is 1.26. The number of hydrogen-bond acceptors (Lipinski definition) is 6. The van der Waals surface area contributed by atoms with Gasteiger partial charge in [0.25, 0.3) is 0 Å². The van der Waals surface area contributed by atoms with Crippen molar-refractivity contribution in [2.75, 3.05) is 45.2 Å². The Kier molecular flexibility index (Phi) is 5.99. The number of amides is 2. The number of rotatable bonds is 5. The molecule has 0 aromatic heterocycles. The lowest BCUT2D eigenvalue weighted by Crippen LogP contribution is -2.53. The maximum atomic E-state index is 12.9. The predicted molar refractivity (Wildman–Crippen MR) is 110 cm³/mol. The number of nitrogens with zero attached hydrogens (tertiary/aromatic N) is 2. The number of benzene rings is 1. The van der Waals surface area contributed by atoms with E-state index in [-0.39, 0.29) is 41.1 Å². The molecule has 0 radical (unpaired) electrons. The molecular weight excluding hydrogens is 408 g/mol. The monoisotopic (exact) mass is 436 g/mol. The summed E-state index contributed by atoms with van der Waals surface area (Å²) < 4.78 is 32.9. The number of sulfonamides is 1. The van der Waals surface area contributed by atoms with Gasteiger partial charge in [0, 0.05) is 39.7 Å². The first-order valence-corrected chi connectivity index (χ1v) is 11.8. The number of carbonyl (C=O) groups excluding carboxylic acids is 2. The van der Waals surface area contributed by atoms with Gasteiger partial charge in [0.2, 0.25) is 21.8 Å². The number of ether oxygens (including phenoxy) is 1. The van der Waals surface area contributed by atoms with Crippen LogP contribution in [0.25, 0.3) is 0 Å². The third kappa shape index (κ3) is 4.17. The second-order valence-electron chi connectivity index (χ2n) is 8.14. The maximum Gasteiger partial charge on any atom is 0.244 e. The second kappa shape index (κ2) is 8.52. The van der Waals surface area contributed by atoms with Crippen LogP contribution in [0.3, 0.4) is 0 Å². The first-order chi connectivity index (χ1) is 14.4. The fourth-order valence-electron chi connectivity index (χ4n) is 4.53. The number of piperidine rings is 1. The largest absolute Gasteiger partial charge is 0.383 e. The van der Waals surface area contributed by atoms with Crippen LogP contribution in [0.1, 0.15) is 19.3 Å². The quantitative estimate of drug-likeness (QED) is 0.694. The van der Waals surface area contributed by atoms with Crippen molar-refractivity contribution >= 4 is 27.5 Å². The smallest absolute Gasteiger partial charge is 0.244 e. The average molecular weight is 437 g/mol. The third-order valence-electron chi connectivity index (χ3n) is 6.22. The van der Waals surface area contributed by atoms with Gasteiger partial charge < -0.3 is 19.9 Å². The minimum atomic E-state index is -3.55. The van der Waals surface area contributed by atoms with E-state index in [1.807, 2.05) is 11.0 Å². The SMILES string of the molecule is COCCN1CC(C(=O)N2CCC(C3Nc4ccccc4S(=O)(=O)N3)CC2)CC1=O. The van der Waals surface area contributed by atoms with Gasteiger partial charge in [-0.2, -0.15) is 4.72 Å². The zero-order valence-corrected chi connectivity index (χ0v) is 17.9. The van der Waals surface area contributed by atoms with Crippen molar-refractivity contribution in [3.05, 3.63) is 24.3 Å². The molecule has 3 aliphatic heterocycles. The van der Waals surface area contributed by atoms with E-state index in [1.54, 1.807) is 30.2 Å². The highest BCUT2D eigenvalue weighted by atomic mass is 32.2. The molecule has 2 fully saturated rings. The van der Waals surface area contributed by atoms with Crippen molar-refractivity contribution in [2.24, 2.45) is 11.8 Å². The molecule has 3 aliphatic rings. The number of para-hydroxylation sites is 1. The average Bonchev–Trinajstić information content (AvgIpc) is 3.12. The zero-order valence-electron chi connectivity index (χ0n) is 17.0. The highest BCUT2D eigenvalue weighted by molar-refractivity contribution is 7.89. The van der Waals surface area contributed by atoms with Gasteiger partial charge in [0.1, 0.15) is 4.90 Å². The van der Waals surface area contributed by atoms with E-state index >= 15 is 0 Å². The first-order valence-electron chi connectivity index (χ1n) is 10.3. The predicted octanol–water partition coefficient (Wildman–Crippen LogP) is 0.450. The molecular formula is C20H28N4O5S. The number of anilines is 1. The molecule has 2 saturated heterocycles. The van der Waals surface area contributed by atoms with Crippen LogP contribution in [0, 0.1) is 11.8 Å². The third-order valence-corrected chi connectivity index (χ3v) is 7.72. The van der Waals surface area contributed by atoms with Crippen molar-refractivity contribution in [3.8, 4) is 0 Å². The lowest BCUT2D eigenvalue weighted by Gasteiger charge is -2.39. The summed E-state index contributed by atoms with van der Waals surface area (Å²) in [4.78, 5) is 28.8. The summed E-state index contributed by atoms with van der Waals surface area (Å²) in [5.41, 5.74) is 0.611. The fraction of sp³-hybridized carbons (Fsp3) is 0.600. The maximum absolute atomic E-state index is 12.9. The van der Waals surface area contributed by atoms with Gasteiger partial charge in [-0.3, -0.25) is 9.59 Å². The number of likely N-dealkylation sites (tertiary alicyclic amines) is 2. The Morgan fingerprint density at radius 2 is 1.97 bits per heavy atom. The minimum Gasteiger partial charge on any atom is -0.383 e. The van der Waals surface area contributed by atoms with E-state index in [0.29, 0.717) is 51.3 Å². The molecule has 0 saturated carbocycles. The van der Waals surface area contributed by atoms with Gasteiger partial charge in [-0.05, 0) is 30.9 Å². The van der Waals surface area contributed by atoms with Gasteiger partial charge in [-0.15, -0.1) is 0 Å². The van der Waals surface area contributed by atoms with E-state index in [1.165, 1.54) is 0 Å². The van der Waals surface area contributed by atoms with Crippen molar-refractivity contribution in [1.82, 2.24) is 14.5 Å². The minimum absolute atomic E-state index is 0.000219. The van der Waals surface area contributed by atoms with Crippen LogP contribution < -0.4 is 10.0 Å². The standard InChI is InChI=1S/C20H28N4O5S/c1-29-11-10-24-13-15(12-18(24)25)20(26)23-8-6-14(7-9-23)19-21-16-4-2-3-5-17(16)30(27,28)22-19/h2-5,14-15,19,21-22H,6-13H2,1H3. The summed E-state index contributed by atoms with van der Waals surface area (Å²) in [6, 6.07) is 6.87. The van der Waals surface area contributed by atoms with Gasteiger partial charge >= 0.3 is 0 Å². The summed E-state index contributed by atoms with van der Waals surface area (Å²) in [6.45, 7) is 2.55. The molecule has 2 atom stereocenters. The van der Waals surface area contributed by atoms with Crippen LogP contribution in [0.2, 0.25) is 0 Å². The summed E-state index contributed by atoms with van der Waals surface area (Å²) >= 11 is 0. The van der Waals surface area contributed by atoms with Crippen molar-refractivity contribution in [3.63, 3.8) is 0 Å². The Balaban J connectivity index is 1.33. The Morgan fingerprint density at radius 1 is 1.23 bits per heavy atom. The lowest BCUT2D eigenvalue weighted by molar-refractivity contribution is -0.137. The second-order valence-corrected chi connectivity index (χ2v) is 9.82. The molecule has 2 N–H and O–H groups in total. The van der Waals surface area contributed by atoms with Gasteiger partial charge in [0.15, 0.2) is 0 Å². The van der Waals surface area contributed by atoms with Crippen molar-refractivity contribution < 1.29 is 22.7 Å². The van der Waals surface area contributed by atoms with Crippen LogP contribution in [0.15, 0.2) is 29.2 Å². The van der Waals surface area contributed by atoms with Crippen LogP contribution >= 0.6 is 0 Å². The van der Waals surface area contributed by atoms with E-state index < -0.39 is 10.0 Å². The molecule has 164 valence electrons. The number of hydrogen-bond donors (Lipinski definition) is 2. The van der Waals surface area contributed by atoms with Gasteiger partial charge in [-0.25, -0.2) is 8.42 Å². The molecule has 2 amide bonds. The molecule has 1 aromatic carbocycles. The number of fused-ring (bicyclic) bond motifs is 1. The Hall–Kier alpha value is -2.17. The van der Waals surface area contributed by atoms with Crippen LogP contribution in [0.4, 0.5) is 5.69 Å². The van der Waals surface area contributed by atoms with E-state index in [9.17, 15) is 18.0 Å². The van der Waals surface area contributed by atoms with Crippen LogP contribution in [-0.4, -0.2) is 76.1 Å². The fourth-order valence-corrected chi connectivity index (χ4v) is 5.92. The zero-order chi connectivity index (χ0) is 21.3. The molecule has 2 unspecified atom stereocenters. The molecule has 0 spiro atoms. The van der Waals surface area contributed by atoms with Crippen LogP contribution in [0.5, 0.6) is 0 Å². The summed E-state index contributed by atoms with van der Waals surface area (Å²) in [5.74, 6) is -0.200. The Morgan fingerprint density at radius 3 is 2.70 bits per heavy atom. The molecule has 0 bridgehead atoms. The number of methoxy groups -OCH3 is 1. The highest BCUT2D eigenvalue weighted by Crippen LogP contribution is 2.31. The summed E-state index contributed by atoms with van der Waals surface area (Å²) in [5, 5.41) is 3.30. The highest BCUT2D eigenvalue weighted by Gasteiger charge is 2.39. The molecule has 30 heavy (non-hydrogen) atoms. The Bertz CT molecular complexity index is 914. The van der Waals surface area contributed by atoms with E-state index in [4.69, 9.17) is 4.74 Å². The van der Waals surface area contributed by atoms with Gasteiger partial charge in [0.05, 0.1) is 24.4 Å². The topological polar surface area (TPSA) is 108 Å². The van der Waals surface area contributed by atoms with Crippen LogP contribution in [-0.2, 0) is 24.3 Å². The summed E-state index contributed by atoms with van der Waals surface area (Å²) in [7, 11) is -1.96. The molecule has 9 nitrogen and oxygen atoms in total. The molecule has 4 rings (SSSR count). The van der Waals surface area contributed by atoms with Gasteiger partial charge in [-0.1, -0.05) is 12.1 Å². The van der Waals surface area contributed by atoms with Crippen molar-refractivity contribution in [2.45, 2.75) is 30.3 Å². The molecule has 1 aromatic rings. The molecule has 0 aliphatic carbocycles. The molecule has 3 heterocycles.